The summed E-state index contributed by atoms with van der Waals surface area (Å²) in [6.07, 6.45) is 1.18. The van der Waals surface area contributed by atoms with Crippen LogP contribution in [-0.2, 0) is 10.0 Å². The lowest BCUT2D eigenvalue weighted by Gasteiger charge is -2.33. The van der Waals surface area contributed by atoms with E-state index in [9.17, 15) is 13.2 Å². The molecule has 0 atom stereocenters. The molecular formula is C12H16BrN3O3S. The molecule has 20 heavy (non-hydrogen) atoms. The summed E-state index contributed by atoms with van der Waals surface area (Å²) >= 11 is 3.34. The quantitative estimate of drug-likeness (QED) is 0.868. The van der Waals surface area contributed by atoms with Gasteiger partial charge in [0.2, 0.25) is 10.0 Å². The predicted molar refractivity (Wildman–Crippen MR) is 81.2 cm³/mol. The van der Waals surface area contributed by atoms with E-state index >= 15 is 0 Å². The molecule has 2 amide bonds. The van der Waals surface area contributed by atoms with Gasteiger partial charge in [0, 0.05) is 36.3 Å². The van der Waals surface area contributed by atoms with E-state index < -0.39 is 10.0 Å². The summed E-state index contributed by atoms with van der Waals surface area (Å²) in [7, 11) is -3.17. The number of halogens is 1. The van der Waals surface area contributed by atoms with E-state index in [1.165, 1.54) is 10.6 Å². The Bertz CT molecular complexity index is 598. The molecule has 1 N–H and O–H groups in total. The highest BCUT2D eigenvalue weighted by atomic mass is 79.9. The van der Waals surface area contributed by atoms with Gasteiger partial charge in [-0.05, 0) is 18.2 Å². The molecule has 0 radical (unpaired) electrons. The number of hydrogen-bond acceptors (Lipinski definition) is 3. The van der Waals surface area contributed by atoms with E-state index in [0.717, 1.165) is 4.47 Å². The number of hydrogen-bond donors (Lipinski definition) is 1. The number of carbonyl (C=O) groups is 1. The van der Waals surface area contributed by atoms with Crippen molar-refractivity contribution in [2.75, 3.05) is 37.8 Å². The smallest absolute Gasteiger partial charge is 0.321 e. The summed E-state index contributed by atoms with van der Waals surface area (Å²) in [6.45, 7) is 1.47. The first-order chi connectivity index (χ1) is 9.36. The van der Waals surface area contributed by atoms with Crippen molar-refractivity contribution in [2.45, 2.75) is 0 Å². The molecule has 110 valence electrons. The maximum atomic E-state index is 12.1. The number of nitrogens with zero attached hydrogens (tertiary/aromatic N) is 2. The van der Waals surface area contributed by atoms with Crippen LogP contribution in [0.15, 0.2) is 28.7 Å². The van der Waals surface area contributed by atoms with Crippen LogP contribution in [0.5, 0.6) is 0 Å². The van der Waals surface area contributed by atoms with Crippen molar-refractivity contribution in [3.8, 4) is 0 Å². The monoisotopic (exact) mass is 361 g/mol. The van der Waals surface area contributed by atoms with E-state index in [4.69, 9.17) is 0 Å². The molecule has 0 spiro atoms. The summed E-state index contributed by atoms with van der Waals surface area (Å²) in [5.41, 5.74) is 0.704. The third-order valence-electron chi connectivity index (χ3n) is 3.07. The van der Waals surface area contributed by atoms with Crippen LogP contribution in [0.2, 0.25) is 0 Å². The van der Waals surface area contributed by atoms with Crippen molar-refractivity contribution in [3.63, 3.8) is 0 Å². The molecular weight excluding hydrogens is 346 g/mol. The number of nitrogens with one attached hydrogen (secondary N) is 1. The molecule has 1 heterocycles. The van der Waals surface area contributed by atoms with Crippen LogP contribution >= 0.6 is 15.9 Å². The molecule has 0 saturated carbocycles. The van der Waals surface area contributed by atoms with Gasteiger partial charge in [0.1, 0.15) is 0 Å². The fourth-order valence-electron chi connectivity index (χ4n) is 1.99. The van der Waals surface area contributed by atoms with Crippen LogP contribution < -0.4 is 5.32 Å². The number of sulfonamides is 1. The summed E-state index contributed by atoms with van der Waals surface area (Å²) in [5.74, 6) is 0. The van der Waals surface area contributed by atoms with Gasteiger partial charge in [0.15, 0.2) is 0 Å². The number of amides is 2. The van der Waals surface area contributed by atoms with Crippen molar-refractivity contribution in [2.24, 2.45) is 0 Å². The Kier molecular flexibility index (Phi) is 4.66. The molecule has 0 unspecified atom stereocenters. The lowest BCUT2D eigenvalue weighted by molar-refractivity contribution is 0.184. The zero-order valence-corrected chi connectivity index (χ0v) is 13.4. The first-order valence-electron chi connectivity index (χ1n) is 6.13. The fraction of sp³-hybridized carbons (Fsp3) is 0.417. The molecule has 1 aromatic rings. The second-order valence-electron chi connectivity index (χ2n) is 4.59. The van der Waals surface area contributed by atoms with Crippen LogP contribution in [0.1, 0.15) is 0 Å². The molecule has 1 fully saturated rings. The van der Waals surface area contributed by atoms with Gasteiger partial charge in [-0.25, -0.2) is 13.2 Å². The average Bonchev–Trinajstić information content (AvgIpc) is 2.38. The van der Waals surface area contributed by atoms with Crippen molar-refractivity contribution in [1.29, 1.82) is 0 Å². The van der Waals surface area contributed by atoms with E-state index in [0.29, 0.717) is 31.9 Å². The van der Waals surface area contributed by atoms with Gasteiger partial charge in [0.25, 0.3) is 0 Å². The topological polar surface area (TPSA) is 69.7 Å². The third-order valence-corrected chi connectivity index (χ3v) is 4.87. The zero-order valence-electron chi connectivity index (χ0n) is 11.0. The van der Waals surface area contributed by atoms with E-state index in [2.05, 4.69) is 21.2 Å². The highest BCUT2D eigenvalue weighted by Gasteiger charge is 2.25. The Morgan fingerprint density at radius 2 is 1.90 bits per heavy atom. The Morgan fingerprint density at radius 1 is 1.25 bits per heavy atom. The Hall–Kier alpha value is -1.12. The van der Waals surface area contributed by atoms with Gasteiger partial charge in [-0.15, -0.1) is 0 Å². The average molecular weight is 362 g/mol. The largest absolute Gasteiger partial charge is 0.322 e. The maximum absolute atomic E-state index is 12.1. The van der Waals surface area contributed by atoms with Gasteiger partial charge in [0.05, 0.1) is 6.26 Å². The van der Waals surface area contributed by atoms with Crippen molar-refractivity contribution >= 4 is 37.7 Å². The molecule has 8 heteroatoms. The van der Waals surface area contributed by atoms with Crippen LogP contribution in [0.4, 0.5) is 10.5 Å². The van der Waals surface area contributed by atoms with Gasteiger partial charge in [-0.3, -0.25) is 0 Å². The van der Waals surface area contributed by atoms with Crippen LogP contribution in [-0.4, -0.2) is 56.1 Å². The lowest BCUT2D eigenvalue weighted by atomic mass is 10.3. The number of rotatable bonds is 2. The summed E-state index contributed by atoms with van der Waals surface area (Å²) in [6, 6.07) is 7.11. The van der Waals surface area contributed by atoms with Gasteiger partial charge in [-0.1, -0.05) is 22.0 Å². The number of piperazine rings is 1. The lowest BCUT2D eigenvalue weighted by Crippen LogP contribution is -2.51. The number of urea groups is 1. The zero-order chi connectivity index (χ0) is 14.8. The molecule has 2 rings (SSSR count). The standard InChI is InChI=1S/C12H16BrN3O3S/c1-20(18,19)16-7-5-15(6-8-16)12(17)14-11-4-2-3-10(13)9-11/h2-4,9H,5-8H2,1H3,(H,14,17). The highest BCUT2D eigenvalue weighted by molar-refractivity contribution is 9.10. The Morgan fingerprint density at radius 3 is 2.45 bits per heavy atom. The minimum absolute atomic E-state index is 0.212. The van der Waals surface area contributed by atoms with E-state index in [1.807, 2.05) is 18.2 Å². The van der Waals surface area contributed by atoms with Crippen LogP contribution in [0, 0.1) is 0 Å². The SMILES string of the molecule is CS(=O)(=O)N1CCN(C(=O)Nc2cccc(Br)c2)CC1. The highest BCUT2D eigenvalue weighted by Crippen LogP contribution is 2.16. The molecule has 1 aliphatic rings. The number of carbonyl (C=O) groups excluding carboxylic acids is 1. The van der Waals surface area contributed by atoms with Crippen LogP contribution in [0.3, 0.4) is 0 Å². The minimum Gasteiger partial charge on any atom is -0.322 e. The van der Waals surface area contributed by atoms with E-state index in [-0.39, 0.29) is 6.03 Å². The second kappa shape index (κ2) is 6.11. The normalized spacial score (nSPS) is 17.0. The third kappa shape index (κ3) is 3.94. The molecule has 0 aromatic heterocycles. The van der Waals surface area contributed by atoms with Gasteiger partial charge < -0.3 is 10.2 Å². The number of anilines is 1. The molecule has 0 aliphatic carbocycles. The molecule has 1 saturated heterocycles. The summed E-state index contributed by atoms with van der Waals surface area (Å²) in [5, 5.41) is 2.80. The predicted octanol–water partition coefficient (Wildman–Crippen LogP) is 1.56. The van der Waals surface area contributed by atoms with Crippen molar-refractivity contribution in [1.82, 2.24) is 9.21 Å². The van der Waals surface area contributed by atoms with Gasteiger partial charge >= 0.3 is 6.03 Å². The Labute approximate surface area is 126 Å². The maximum Gasteiger partial charge on any atom is 0.321 e. The number of benzene rings is 1. The van der Waals surface area contributed by atoms with Crippen LogP contribution in [0.25, 0.3) is 0 Å². The summed E-state index contributed by atoms with van der Waals surface area (Å²) in [4.78, 5) is 13.7. The molecule has 1 aromatic carbocycles. The first kappa shape index (κ1) is 15.3. The van der Waals surface area contributed by atoms with Gasteiger partial charge in [-0.2, -0.15) is 4.31 Å². The summed E-state index contributed by atoms with van der Waals surface area (Å²) < 4.78 is 25.1. The fourth-order valence-corrected chi connectivity index (χ4v) is 3.22. The Balaban J connectivity index is 1.92. The van der Waals surface area contributed by atoms with Crippen molar-refractivity contribution in [3.05, 3.63) is 28.7 Å². The second-order valence-corrected chi connectivity index (χ2v) is 7.49. The van der Waals surface area contributed by atoms with Crippen molar-refractivity contribution < 1.29 is 13.2 Å². The molecule has 6 nitrogen and oxygen atoms in total. The van der Waals surface area contributed by atoms with E-state index in [1.54, 1.807) is 11.0 Å². The molecule has 1 aliphatic heterocycles. The minimum atomic E-state index is -3.17. The first-order valence-corrected chi connectivity index (χ1v) is 8.77. The molecule has 0 bridgehead atoms.